The number of aryl methyl sites for hydroxylation is 1. The molecule has 0 bridgehead atoms. The molecule has 2 heteroatoms. The minimum Gasteiger partial charge on any atom is -0.371 e. The normalized spacial score (nSPS) is 19.3. The Labute approximate surface area is 130 Å². The van der Waals surface area contributed by atoms with Crippen molar-refractivity contribution in [1.82, 2.24) is 5.32 Å². The van der Waals surface area contributed by atoms with E-state index in [1.807, 2.05) is 0 Å². The maximum absolute atomic E-state index is 3.56. The maximum atomic E-state index is 3.56. The molecule has 2 nitrogen and oxygen atoms in total. The van der Waals surface area contributed by atoms with Crippen LogP contribution in [0, 0.1) is 12.8 Å². The Kier molecular flexibility index (Phi) is 5.32. The van der Waals surface area contributed by atoms with Crippen LogP contribution in [0.1, 0.15) is 58.1 Å². The van der Waals surface area contributed by atoms with E-state index < -0.39 is 0 Å². The molecule has 1 aromatic rings. The number of nitrogens with one attached hydrogen (secondary N) is 1. The Morgan fingerprint density at radius 1 is 1.29 bits per heavy atom. The van der Waals surface area contributed by atoms with Crippen molar-refractivity contribution < 1.29 is 0 Å². The first-order valence-corrected chi connectivity index (χ1v) is 8.48. The summed E-state index contributed by atoms with van der Waals surface area (Å²) in [6.45, 7) is 14.6. The molecular weight excluding hydrogens is 256 g/mol. The van der Waals surface area contributed by atoms with Gasteiger partial charge in [0.05, 0.1) is 0 Å². The summed E-state index contributed by atoms with van der Waals surface area (Å²) in [6, 6.07) is 6.96. The lowest BCUT2D eigenvalue weighted by atomic mass is 10.0. The number of anilines is 1. The molecule has 2 rings (SSSR count). The fraction of sp³-hybridized carbons (Fsp3) is 0.684. The molecule has 1 N–H and O–H groups in total. The van der Waals surface area contributed by atoms with Crippen LogP contribution in [0.25, 0.3) is 0 Å². The van der Waals surface area contributed by atoms with Crippen LogP contribution in [0.2, 0.25) is 0 Å². The molecule has 21 heavy (non-hydrogen) atoms. The van der Waals surface area contributed by atoms with E-state index in [0.29, 0.717) is 0 Å². The molecule has 1 heterocycles. The van der Waals surface area contributed by atoms with Crippen molar-refractivity contribution in [2.45, 2.75) is 66.0 Å². The summed E-state index contributed by atoms with van der Waals surface area (Å²) in [5.41, 5.74) is 4.42. The van der Waals surface area contributed by atoms with Gasteiger partial charge in [-0.25, -0.2) is 0 Å². The minimum atomic E-state index is 0.175. The Morgan fingerprint density at radius 2 is 2.05 bits per heavy atom. The molecular formula is C19H32N2. The van der Waals surface area contributed by atoms with Gasteiger partial charge < -0.3 is 10.2 Å². The first-order valence-electron chi connectivity index (χ1n) is 8.48. The fourth-order valence-corrected chi connectivity index (χ4v) is 3.24. The third-order valence-corrected chi connectivity index (χ3v) is 4.41. The topological polar surface area (TPSA) is 15.3 Å². The van der Waals surface area contributed by atoms with Gasteiger partial charge in [0.1, 0.15) is 0 Å². The van der Waals surface area contributed by atoms with Crippen LogP contribution in [-0.4, -0.2) is 18.6 Å². The highest BCUT2D eigenvalue weighted by Crippen LogP contribution is 2.29. The average Bonchev–Trinajstić information content (AvgIpc) is 2.84. The zero-order valence-electron chi connectivity index (χ0n) is 14.5. The number of rotatable bonds is 5. The van der Waals surface area contributed by atoms with Crippen molar-refractivity contribution in [2.75, 3.05) is 18.0 Å². The minimum absolute atomic E-state index is 0.175. The molecule has 0 amide bonds. The Bertz CT molecular complexity index is 459. The molecule has 0 radical (unpaired) electrons. The number of hydrogen-bond acceptors (Lipinski definition) is 2. The summed E-state index contributed by atoms with van der Waals surface area (Å²) in [5.74, 6) is 0.900. The van der Waals surface area contributed by atoms with E-state index in [4.69, 9.17) is 0 Å². The van der Waals surface area contributed by atoms with E-state index in [1.54, 1.807) is 0 Å². The van der Waals surface area contributed by atoms with E-state index in [0.717, 1.165) is 12.5 Å². The zero-order valence-corrected chi connectivity index (χ0v) is 14.5. The van der Waals surface area contributed by atoms with Gasteiger partial charge in [-0.05, 0) is 63.6 Å². The van der Waals surface area contributed by atoms with Crippen LogP contribution in [0.5, 0.6) is 0 Å². The lowest BCUT2D eigenvalue weighted by molar-refractivity contribution is 0.424. The molecule has 0 aromatic heterocycles. The van der Waals surface area contributed by atoms with Crippen LogP contribution >= 0.6 is 0 Å². The Morgan fingerprint density at radius 3 is 2.67 bits per heavy atom. The van der Waals surface area contributed by atoms with E-state index in [-0.39, 0.29) is 5.54 Å². The second-order valence-corrected chi connectivity index (χ2v) is 7.61. The molecule has 1 aliphatic heterocycles. The summed E-state index contributed by atoms with van der Waals surface area (Å²) in [6.07, 6.45) is 4.05. The van der Waals surface area contributed by atoms with Gasteiger partial charge in [0.2, 0.25) is 0 Å². The average molecular weight is 288 g/mol. The van der Waals surface area contributed by atoms with E-state index >= 15 is 0 Å². The highest BCUT2D eigenvalue weighted by Gasteiger charge is 2.22. The second kappa shape index (κ2) is 6.83. The van der Waals surface area contributed by atoms with Crippen LogP contribution in [0.4, 0.5) is 5.69 Å². The quantitative estimate of drug-likeness (QED) is 0.857. The summed E-state index contributed by atoms with van der Waals surface area (Å²) < 4.78 is 0. The highest BCUT2D eigenvalue weighted by atomic mass is 15.2. The van der Waals surface area contributed by atoms with Crippen molar-refractivity contribution in [3.8, 4) is 0 Å². The van der Waals surface area contributed by atoms with Gasteiger partial charge in [-0.2, -0.15) is 0 Å². The number of hydrogen-bond donors (Lipinski definition) is 1. The standard InChI is InChI=1S/C19H32N2/c1-6-7-16-10-11-21(14-16)18-9-8-17(12-15(18)2)13-20-19(3,4)5/h8-9,12,16,20H,6-7,10-11,13-14H2,1-5H3. The molecule has 1 aliphatic rings. The molecule has 1 saturated heterocycles. The molecule has 1 fully saturated rings. The van der Waals surface area contributed by atoms with Crippen LogP contribution in [-0.2, 0) is 6.54 Å². The Hall–Kier alpha value is -1.02. The Balaban J connectivity index is 1.99. The lowest BCUT2D eigenvalue weighted by Crippen LogP contribution is -2.35. The van der Waals surface area contributed by atoms with Crippen molar-refractivity contribution in [1.29, 1.82) is 0 Å². The maximum Gasteiger partial charge on any atom is 0.0396 e. The first-order chi connectivity index (χ1) is 9.89. The molecule has 0 saturated carbocycles. The molecule has 0 aliphatic carbocycles. The van der Waals surface area contributed by atoms with Crippen LogP contribution < -0.4 is 10.2 Å². The van der Waals surface area contributed by atoms with Crippen molar-refractivity contribution in [2.24, 2.45) is 5.92 Å². The predicted molar refractivity (Wildman–Crippen MR) is 93.0 cm³/mol. The smallest absolute Gasteiger partial charge is 0.0396 e. The molecule has 118 valence electrons. The summed E-state index contributed by atoms with van der Waals surface area (Å²) in [4.78, 5) is 2.58. The third kappa shape index (κ3) is 4.74. The van der Waals surface area contributed by atoms with Crippen LogP contribution in [0.15, 0.2) is 18.2 Å². The van der Waals surface area contributed by atoms with Gasteiger partial charge in [0.25, 0.3) is 0 Å². The molecule has 0 spiro atoms. The third-order valence-electron chi connectivity index (χ3n) is 4.41. The van der Waals surface area contributed by atoms with Gasteiger partial charge in [-0.15, -0.1) is 0 Å². The summed E-state index contributed by atoms with van der Waals surface area (Å²) in [5, 5.41) is 3.56. The number of benzene rings is 1. The number of nitrogens with zero attached hydrogens (tertiary/aromatic N) is 1. The first kappa shape index (κ1) is 16.4. The second-order valence-electron chi connectivity index (χ2n) is 7.61. The van der Waals surface area contributed by atoms with Gasteiger partial charge >= 0.3 is 0 Å². The van der Waals surface area contributed by atoms with E-state index in [2.05, 4.69) is 63.0 Å². The van der Waals surface area contributed by atoms with Gasteiger partial charge in [0, 0.05) is 30.9 Å². The highest BCUT2D eigenvalue weighted by molar-refractivity contribution is 5.55. The van der Waals surface area contributed by atoms with Gasteiger partial charge in [0.15, 0.2) is 0 Å². The van der Waals surface area contributed by atoms with E-state index in [9.17, 15) is 0 Å². The molecule has 1 unspecified atom stereocenters. The molecule has 1 aromatic carbocycles. The van der Waals surface area contributed by atoms with Gasteiger partial charge in [-0.3, -0.25) is 0 Å². The molecule has 1 atom stereocenters. The summed E-state index contributed by atoms with van der Waals surface area (Å²) in [7, 11) is 0. The fourth-order valence-electron chi connectivity index (χ4n) is 3.24. The largest absolute Gasteiger partial charge is 0.371 e. The monoisotopic (exact) mass is 288 g/mol. The van der Waals surface area contributed by atoms with E-state index in [1.165, 1.54) is 49.2 Å². The van der Waals surface area contributed by atoms with Crippen molar-refractivity contribution in [3.05, 3.63) is 29.3 Å². The van der Waals surface area contributed by atoms with Crippen molar-refractivity contribution in [3.63, 3.8) is 0 Å². The van der Waals surface area contributed by atoms with Gasteiger partial charge in [-0.1, -0.05) is 25.5 Å². The SMILES string of the molecule is CCCC1CCN(c2ccc(CNC(C)(C)C)cc2C)C1. The van der Waals surface area contributed by atoms with Crippen molar-refractivity contribution >= 4 is 5.69 Å². The zero-order chi connectivity index (χ0) is 15.5. The summed E-state index contributed by atoms with van der Waals surface area (Å²) >= 11 is 0. The lowest BCUT2D eigenvalue weighted by Gasteiger charge is -2.23. The van der Waals surface area contributed by atoms with Crippen LogP contribution in [0.3, 0.4) is 0 Å². The predicted octanol–water partition coefficient (Wildman–Crippen LogP) is 4.51.